The second kappa shape index (κ2) is 7.28. The molecule has 0 radical (unpaired) electrons. The molecule has 0 bridgehead atoms. The van der Waals surface area contributed by atoms with Crippen LogP contribution in [-0.2, 0) is 0 Å². The first-order valence-electron chi connectivity index (χ1n) is 6.54. The summed E-state index contributed by atoms with van der Waals surface area (Å²) in [5.41, 5.74) is 5.78. The van der Waals surface area contributed by atoms with Gasteiger partial charge in [-0.2, -0.15) is 0 Å². The first-order chi connectivity index (χ1) is 10.6. The van der Waals surface area contributed by atoms with Crippen LogP contribution in [0, 0.1) is 15.9 Å². The third-order valence-electron chi connectivity index (χ3n) is 2.98. The maximum atomic E-state index is 13.1. The fourth-order valence-corrected chi connectivity index (χ4v) is 1.92. The molecule has 1 unspecified atom stereocenters. The van der Waals surface area contributed by atoms with Crippen molar-refractivity contribution >= 4 is 5.91 Å². The maximum absolute atomic E-state index is 13.1. The van der Waals surface area contributed by atoms with Crippen molar-refractivity contribution < 1.29 is 14.1 Å². The van der Waals surface area contributed by atoms with E-state index in [4.69, 9.17) is 0 Å². The van der Waals surface area contributed by atoms with Crippen molar-refractivity contribution in [2.45, 2.75) is 6.04 Å². The molecule has 2 aromatic rings. The Hall–Kier alpha value is -2.80. The number of nitro groups is 1. The van der Waals surface area contributed by atoms with Crippen LogP contribution in [0.25, 0.3) is 0 Å². The number of carbonyl (C=O) groups is 1. The molecule has 0 saturated carbocycles. The van der Waals surface area contributed by atoms with Gasteiger partial charge in [0.05, 0.1) is 0 Å². The van der Waals surface area contributed by atoms with Crippen molar-refractivity contribution in [1.82, 2.24) is 10.9 Å². The van der Waals surface area contributed by atoms with Crippen LogP contribution in [0.4, 0.5) is 4.39 Å². The topological polar surface area (TPSA) is 84.3 Å². The summed E-state index contributed by atoms with van der Waals surface area (Å²) in [5, 5.41) is 10.7. The van der Waals surface area contributed by atoms with Crippen molar-refractivity contribution in [3.05, 3.63) is 81.7 Å². The van der Waals surface area contributed by atoms with Crippen molar-refractivity contribution in [3.63, 3.8) is 0 Å². The average molecular weight is 303 g/mol. The molecule has 0 heterocycles. The Kier molecular flexibility index (Phi) is 5.16. The fourth-order valence-electron chi connectivity index (χ4n) is 1.92. The molecular formula is C15H14FN3O3. The first-order valence-corrected chi connectivity index (χ1v) is 6.54. The summed E-state index contributed by atoms with van der Waals surface area (Å²) < 4.78 is 13.1. The minimum absolute atomic E-state index is 0.125. The fraction of sp³-hybridized carbons (Fsp3) is 0.133. The van der Waals surface area contributed by atoms with Gasteiger partial charge in [-0.15, -0.1) is 0 Å². The number of halogens is 1. The lowest BCUT2D eigenvalue weighted by molar-refractivity contribution is -0.484. The summed E-state index contributed by atoms with van der Waals surface area (Å²) in [4.78, 5) is 22.2. The van der Waals surface area contributed by atoms with Crippen LogP contribution in [-0.4, -0.2) is 17.4 Å². The normalized spacial score (nSPS) is 11.7. The second-order valence-corrected chi connectivity index (χ2v) is 4.59. The van der Waals surface area contributed by atoms with E-state index in [0.29, 0.717) is 5.56 Å². The summed E-state index contributed by atoms with van der Waals surface area (Å²) in [5.74, 6) is -1.10. The smallest absolute Gasteiger partial charge is 0.265 e. The number of rotatable bonds is 6. The van der Waals surface area contributed by atoms with E-state index < -0.39 is 29.2 Å². The van der Waals surface area contributed by atoms with E-state index in [-0.39, 0.29) is 5.56 Å². The van der Waals surface area contributed by atoms with E-state index in [1.165, 1.54) is 18.2 Å². The van der Waals surface area contributed by atoms with Gasteiger partial charge in [0.15, 0.2) is 0 Å². The number of amides is 1. The van der Waals surface area contributed by atoms with E-state index in [9.17, 15) is 19.3 Å². The van der Waals surface area contributed by atoms with Crippen molar-refractivity contribution in [3.8, 4) is 0 Å². The van der Waals surface area contributed by atoms with E-state index in [2.05, 4.69) is 10.9 Å². The molecular weight excluding hydrogens is 289 g/mol. The maximum Gasteiger partial charge on any atom is 0.265 e. The summed E-state index contributed by atoms with van der Waals surface area (Å²) in [7, 11) is 0. The molecule has 0 spiro atoms. The number of carbonyl (C=O) groups excluding carboxylic acids is 1. The van der Waals surface area contributed by atoms with Gasteiger partial charge in [-0.05, 0) is 23.8 Å². The zero-order valence-corrected chi connectivity index (χ0v) is 11.5. The Morgan fingerprint density at radius 1 is 1.18 bits per heavy atom. The lowest BCUT2D eigenvalue weighted by Crippen LogP contribution is -2.42. The largest absolute Gasteiger partial charge is 0.287 e. The van der Waals surface area contributed by atoms with Crippen molar-refractivity contribution in [2.75, 3.05) is 6.54 Å². The third kappa shape index (κ3) is 4.35. The number of nitrogens with one attached hydrogen (secondary N) is 2. The van der Waals surface area contributed by atoms with Crippen LogP contribution in [0.15, 0.2) is 54.6 Å². The number of nitrogens with zero attached hydrogens (tertiary/aromatic N) is 1. The zero-order chi connectivity index (χ0) is 15.9. The van der Waals surface area contributed by atoms with Gasteiger partial charge in [-0.25, -0.2) is 9.82 Å². The average Bonchev–Trinajstić information content (AvgIpc) is 2.51. The predicted molar refractivity (Wildman–Crippen MR) is 78.0 cm³/mol. The van der Waals surface area contributed by atoms with Crippen LogP contribution < -0.4 is 10.9 Å². The Morgan fingerprint density at radius 3 is 2.55 bits per heavy atom. The molecule has 1 atom stereocenters. The lowest BCUT2D eigenvalue weighted by Gasteiger charge is -2.16. The zero-order valence-electron chi connectivity index (χ0n) is 11.5. The molecule has 1 amide bonds. The summed E-state index contributed by atoms with van der Waals surface area (Å²) in [6.45, 7) is -0.395. The molecule has 0 saturated heterocycles. The summed E-state index contributed by atoms with van der Waals surface area (Å²) in [6, 6.07) is 13.2. The summed E-state index contributed by atoms with van der Waals surface area (Å²) in [6.07, 6.45) is 0. The second-order valence-electron chi connectivity index (χ2n) is 4.59. The predicted octanol–water partition coefficient (Wildman–Crippen LogP) is 2.08. The minimum atomic E-state index is -0.686. The van der Waals surface area contributed by atoms with Crippen LogP contribution >= 0.6 is 0 Å². The Bertz CT molecular complexity index is 664. The molecule has 114 valence electrons. The number of hydrazine groups is 1. The van der Waals surface area contributed by atoms with E-state index in [1.54, 1.807) is 30.3 Å². The molecule has 2 rings (SSSR count). The lowest BCUT2D eigenvalue weighted by atomic mass is 10.1. The molecule has 0 fully saturated rings. The molecule has 6 nitrogen and oxygen atoms in total. The molecule has 2 aromatic carbocycles. The van der Waals surface area contributed by atoms with Crippen LogP contribution in [0.1, 0.15) is 22.0 Å². The van der Waals surface area contributed by atoms with E-state index in [1.807, 2.05) is 0 Å². The number of hydrogen-bond acceptors (Lipinski definition) is 4. The van der Waals surface area contributed by atoms with Gasteiger partial charge in [0.25, 0.3) is 5.91 Å². The van der Waals surface area contributed by atoms with E-state index >= 15 is 0 Å². The van der Waals surface area contributed by atoms with Crippen LogP contribution in [0.3, 0.4) is 0 Å². The quantitative estimate of drug-likeness (QED) is 0.632. The Morgan fingerprint density at radius 2 is 1.91 bits per heavy atom. The molecule has 7 heteroatoms. The molecule has 0 aliphatic heterocycles. The first kappa shape index (κ1) is 15.6. The van der Waals surface area contributed by atoms with Gasteiger partial charge < -0.3 is 0 Å². The van der Waals surface area contributed by atoms with Crippen LogP contribution in [0.5, 0.6) is 0 Å². The molecule has 0 aliphatic carbocycles. The third-order valence-corrected chi connectivity index (χ3v) is 2.98. The number of hydrogen-bond donors (Lipinski definition) is 2. The monoisotopic (exact) mass is 303 g/mol. The van der Waals surface area contributed by atoms with Gasteiger partial charge in [-0.1, -0.05) is 36.4 Å². The Labute approximate surface area is 126 Å². The number of benzene rings is 2. The minimum Gasteiger partial charge on any atom is -0.287 e. The van der Waals surface area contributed by atoms with Gasteiger partial charge >= 0.3 is 0 Å². The van der Waals surface area contributed by atoms with Crippen molar-refractivity contribution in [1.29, 1.82) is 0 Å². The highest BCUT2D eigenvalue weighted by Gasteiger charge is 2.18. The van der Waals surface area contributed by atoms with Gasteiger partial charge in [0.2, 0.25) is 6.54 Å². The highest BCUT2D eigenvalue weighted by atomic mass is 19.1. The highest BCUT2D eigenvalue weighted by molar-refractivity contribution is 5.93. The Balaban J connectivity index is 2.05. The van der Waals surface area contributed by atoms with Crippen molar-refractivity contribution in [2.24, 2.45) is 0 Å². The highest BCUT2D eigenvalue weighted by Crippen LogP contribution is 2.12. The van der Waals surface area contributed by atoms with Crippen LogP contribution in [0.2, 0.25) is 0 Å². The SMILES string of the molecule is O=C(NNC(C[N+](=O)[O-])c1ccccc1)c1cccc(F)c1. The molecule has 0 aliphatic rings. The summed E-state index contributed by atoms with van der Waals surface area (Å²) >= 11 is 0. The standard InChI is InChI=1S/C15H14FN3O3/c16-13-8-4-7-12(9-13)15(20)18-17-14(10-19(21)22)11-5-2-1-3-6-11/h1-9,14,17H,10H2,(H,18,20). The van der Waals surface area contributed by atoms with Gasteiger partial charge in [0, 0.05) is 10.5 Å². The van der Waals surface area contributed by atoms with Gasteiger partial charge in [0.1, 0.15) is 11.9 Å². The molecule has 2 N–H and O–H groups in total. The molecule has 22 heavy (non-hydrogen) atoms. The van der Waals surface area contributed by atoms with Gasteiger partial charge in [-0.3, -0.25) is 20.3 Å². The van der Waals surface area contributed by atoms with E-state index in [0.717, 1.165) is 6.07 Å². The molecule has 0 aromatic heterocycles.